The monoisotopic (exact) mass is 267 g/mol. The molecule has 8 nitrogen and oxygen atoms in total. The highest BCUT2D eigenvalue weighted by molar-refractivity contribution is 6.35. The molecule has 1 rings (SSSR count). The second kappa shape index (κ2) is 6.34. The van der Waals surface area contributed by atoms with Gasteiger partial charge in [0.25, 0.3) is 5.69 Å². The number of hydrogen-bond acceptors (Lipinski definition) is 7. The minimum atomic E-state index is -0.669. The molecular weight excluding hydrogens is 254 g/mol. The first-order chi connectivity index (χ1) is 8.95. The number of benzene rings is 1. The van der Waals surface area contributed by atoms with E-state index in [2.05, 4.69) is 10.5 Å². The van der Waals surface area contributed by atoms with Crippen LogP contribution in [0.25, 0.3) is 0 Å². The van der Waals surface area contributed by atoms with Crippen molar-refractivity contribution in [2.75, 3.05) is 12.0 Å². The molecule has 19 heavy (non-hydrogen) atoms. The predicted octanol–water partition coefficient (Wildman–Crippen LogP) is 1.65. The normalized spacial score (nSPS) is 10.9. The predicted molar refractivity (Wildman–Crippen MR) is 68.1 cm³/mol. The number of carbonyl (C=O) groups excluding carboxylic acids is 1. The Morgan fingerprint density at radius 1 is 1.58 bits per heavy atom. The van der Waals surface area contributed by atoms with Crippen LogP contribution in [0.2, 0.25) is 0 Å². The van der Waals surface area contributed by atoms with Gasteiger partial charge in [-0.15, -0.1) is 0 Å². The molecule has 0 heterocycles. The van der Waals surface area contributed by atoms with Crippen molar-refractivity contribution in [2.45, 2.75) is 13.8 Å². The van der Waals surface area contributed by atoms with Crippen LogP contribution in [0.5, 0.6) is 5.75 Å². The average Bonchev–Trinajstić information content (AvgIpc) is 2.36. The number of phenolic OH excluding ortho intramolecular Hbond substituents is 1. The number of nitro groups is 1. The zero-order valence-corrected chi connectivity index (χ0v) is 10.4. The molecule has 1 aromatic rings. The Labute approximate surface area is 108 Å². The molecule has 0 saturated heterocycles. The van der Waals surface area contributed by atoms with E-state index in [0.29, 0.717) is 0 Å². The van der Waals surface area contributed by atoms with Crippen LogP contribution in [0.15, 0.2) is 23.3 Å². The molecule has 0 spiro atoms. The molecule has 0 aromatic heterocycles. The van der Waals surface area contributed by atoms with Crippen LogP contribution in [-0.4, -0.2) is 28.3 Å². The third kappa shape index (κ3) is 3.95. The van der Waals surface area contributed by atoms with Gasteiger partial charge < -0.3 is 9.84 Å². The third-order valence-corrected chi connectivity index (χ3v) is 2.09. The van der Waals surface area contributed by atoms with Crippen molar-refractivity contribution in [3.8, 4) is 5.75 Å². The first-order valence-electron chi connectivity index (χ1n) is 5.40. The van der Waals surface area contributed by atoms with E-state index in [1.165, 1.54) is 19.1 Å². The molecule has 0 aliphatic carbocycles. The second-order valence-electron chi connectivity index (χ2n) is 3.49. The minimum Gasteiger partial charge on any atom is -0.508 e. The van der Waals surface area contributed by atoms with Gasteiger partial charge in [-0.3, -0.25) is 15.5 Å². The van der Waals surface area contributed by atoms with Crippen LogP contribution in [0.4, 0.5) is 11.4 Å². The lowest BCUT2D eigenvalue weighted by Crippen LogP contribution is -2.15. The summed E-state index contributed by atoms with van der Waals surface area (Å²) in [6.45, 7) is 3.28. The maximum Gasteiger partial charge on any atom is 0.354 e. The summed E-state index contributed by atoms with van der Waals surface area (Å²) < 4.78 is 4.71. The molecule has 0 amide bonds. The second-order valence-corrected chi connectivity index (χ2v) is 3.49. The number of ether oxygens (including phenoxy) is 1. The van der Waals surface area contributed by atoms with Crippen LogP contribution < -0.4 is 5.43 Å². The van der Waals surface area contributed by atoms with E-state index in [1.54, 1.807) is 6.92 Å². The van der Waals surface area contributed by atoms with Gasteiger partial charge in [0.2, 0.25) is 0 Å². The number of carbonyl (C=O) groups is 1. The molecule has 2 N–H and O–H groups in total. The van der Waals surface area contributed by atoms with Crippen molar-refractivity contribution in [3.63, 3.8) is 0 Å². The number of hydrogen-bond donors (Lipinski definition) is 2. The molecule has 0 aliphatic rings. The summed E-state index contributed by atoms with van der Waals surface area (Å²) in [6, 6.07) is 3.54. The van der Waals surface area contributed by atoms with Crippen LogP contribution in [0.1, 0.15) is 13.8 Å². The molecule has 0 atom stereocenters. The zero-order valence-electron chi connectivity index (χ0n) is 10.4. The van der Waals surface area contributed by atoms with E-state index in [-0.39, 0.29) is 29.4 Å². The number of nitrogens with one attached hydrogen (secondary N) is 1. The van der Waals surface area contributed by atoms with Crippen molar-refractivity contribution in [2.24, 2.45) is 5.10 Å². The Morgan fingerprint density at radius 3 is 2.84 bits per heavy atom. The number of rotatable bonds is 5. The van der Waals surface area contributed by atoms with E-state index in [9.17, 15) is 20.0 Å². The number of aromatic hydroxyl groups is 1. The summed E-state index contributed by atoms with van der Waals surface area (Å²) in [5.41, 5.74) is 2.14. The zero-order chi connectivity index (χ0) is 14.4. The molecule has 1 aromatic carbocycles. The lowest BCUT2D eigenvalue weighted by atomic mass is 10.2. The molecule has 0 radical (unpaired) electrons. The van der Waals surface area contributed by atoms with Gasteiger partial charge in [-0.05, 0) is 26.0 Å². The molecule has 8 heteroatoms. The summed E-state index contributed by atoms with van der Waals surface area (Å²) in [5.74, 6) is -0.847. The highest BCUT2D eigenvalue weighted by atomic mass is 16.6. The Hall–Kier alpha value is -2.64. The number of nitro benzene ring substituents is 1. The molecule has 102 valence electrons. The average molecular weight is 267 g/mol. The fraction of sp³-hybridized carbons (Fsp3) is 0.273. The van der Waals surface area contributed by atoms with E-state index < -0.39 is 10.9 Å². The minimum absolute atomic E-state index is 0.0317. The first kappa shape index (κ1) is 14.4. The van der Waals surface area contributed by atoms with Gasteiger partial charge in [0.15, 0.2) is 0 Å². The SMILES string of the molecule is CCOC(=O)/C(C)=N\Nc1ccc(O)cc1[N+](=O)[O-]. The van der Waals surface area contributed by atoms with Gasteiger partial charge in [0.1, 0.15) is 17.1 Å². The molecule has 0 saturated carbocycles. The Balaban J connectivity index is 2.91. The largest absolute Gasteiger partial charge is 0.508 e. The quantitative estimate of drug-likeness (QED) is 0.275. The maximum absolute atomic E-state index is 11.3. The molecule has 0 unspecified atom stereocenters. The molecule has 0 fully saturated rings. The number of nitrogens with zero attached hydrogens (tertiary/aromatic N) is 2. The Bertz CT molecular complexity index is 527. The molecule has 0 bridgehead atoms. The van der Waals surface area contributed by atoms with Gasteiger partial charge in [0, 0.05) is 0 Å². The molecule has 0 aliphatic heterocycles. The van der Waals surface area contributed by atoms with Crippen LogP contribution in [0.3, 0.4) is 0 Å². The summed E-state index contributed by atoms with van der Waals surface area (Å²) in [5, 5.41) is 23.6. The summed E-state index contributed by atoms with van der Waals surface area (Å²) in [6.07, 6.45) is 0. The fourth-order valence-corrected chi connectivity index (χ4v) is 1.19. The Kier molecular flexibility index (Phi) is 4.81. The number of esters is 1. The molecular formula is C11H13N3O5. The number of hydrazone groups is 1. The van der Waals surface area contributed by atoms with E-state index in [0.717, 1.165) is 6.07 Å². The first-order valence-corrected chi connectivity index (χ1v) is 5.40. The van der Waals surface area contributed by atoms with Crippen molar-refractivity contribution in [1.29, 1.82) is 0 Å². The lowest BCUT2D eigenvalue weighted by Gasteiger charge is -2.04. The lowest BCUT2D eigenvalue weighted by molar-refractivity contribution is -0.384. The smallest absolute Gasteiger partial charge is 0.354 e. The van der Waals surface area contributed by atoms with Gasteiger partial charge in [0.05, 0.1) is 17.6 Å². The standard InChI is InChI=1S/C11H13N3O5/c1-3-19-11(16)7(2)12-13-9-5-4-8(15)6-10(9)14(17)18/h4-6,13,15H,3H2,1-2H3/b12-7-. The van der Waals surface area contributed by atoms with Crippen molar-refractivity contribution in [1.82, 2.24) is 0 Å². The van der Waals surface area contributed by atoms with Crippen LogP contribution >= 0.6 is 0 Å². The fourth-order valence-electron chi connectivity index (χ4n) is 1.19. The van der Waals surface area contributed by atoms with Crippen molar-refractivity contribution < 1.29 is 19.6 Å². The van der Waals surface area contributed by atoms with Gasteiger partial charge >= 0.3 is 5.97 Å². The van der Waals surface area contributed by atoms with E-state index >= 15 is 0 Å². The topological polar surface area (TPSA) is 114 Å². The highest BCUT2D eigenvalue weighted by Crippen LogP contribution is 2.28. The van der Waals surface area contributed by atoms with Crippen LogP contribution in [-0.2, 0) is 9.53 Å². The van der Waals surface area contributed by atoms with E-state index in [1.807, 2.05) is 0 Å². The summed E-state index contributed by atoms with van der Waals surface area (Å²) in [7, 11) is 0. The summed E-state index contributed by atoms with van der Waals surface area (Å²) >= 11 is 0. The van der Waals surface area contributed by atoms with Crippen LogP contribution in [0, 0.1) is 10.1 Å². The number of anilines is 1. The third-order valence-electron chi connectivity index (χ3n) is 2.09. The van der Waals surface area contributed by atoms with Gasteiger partial charge in [-0.2, -0.15) is 5.10 Å². The van der Waals surface area contributed by atoms with Crippen molar-refractivity contribution in [3.05, 3.63) is 28.3 Å². The Morgan fingerprint density at radius 2 is 2.26 bits per heavy atom. The van der Waals surface area contributed by atoms with E-state index in [4.69, 9.17) is 4.74 Å². The van der Waals surface area contributed by atoms with Gasteiger partial charge in [-0.25, -0.2) is 4.79 Å². The summed E-state index contributed by atoms with van der Waals surface area (Å²) in [4.78, 5) is 21.4. The highest BCUT2D eigenvalue weighted by Gasteiger charge is 2.15. The number of phenols is 1. The maximum atomic E-state index is 11.3. The van der Waals surface area contributed by atoms with Crippen molar-refractivity contribution >= 4 is 23.1 Å². The van der Waals surface area contributed by atoms with Gasteiger partial charge in [-0.1, -0.05) is 0 Å².